The van der Waals surface area contributed by atoms with Gasteiger partial charge < -0.3 is 9.52 Å². The van der Waals surface area contributed by atoms with Gasteiger partial charge in [-0.3, -0.25) is 4.79 Å². The van der Waals surface area contributed by atoms with Crippen LogP contribution in [0.2, 0.25) is 0 Å². The van der Waals surface area contributed by atoms with E-state index in [1.165, 1.54) is 32.1 Å². The molecule has 0 saturated heterocycles. The normalized spacial score (nSPS) is 38.4. The molecule has 4 heteroatoms. The van der Waals surface area contributed by atoms with E-state index in [-0.39, 0.29) is 6.42 Å². The Kier molecular flexibility index (Phi) is 2.69. The molecular formula is C16H21NO3. The molecule has 20 heavy (non-hydrogen) atoms. The molecule has 4 aliphatic carbocycles. The van der Waals surface area contributed by atoms with Gasteiger partial charge in [-0.15, -0.1) is 0 Å². The molecule has 4 fully saturated rings. The lowest BCUT2D eigenvalue weighted by Gasteiger charge is -2.53. The number of hydrogen-bond donors (Lipinski definition) is 1. The number of oxazole rings is 1. The second kappa shape index (κ2) is 4.34. The molecule has 0 aliphatic heterocycles. The maximum Gasteiger partial charge on any atom is 0.309 e. The van der Waals surface area contributed by atoms with Crippen LogP contribution in [0.3, 0.4) is 0 Å². The topological polar surface area (TPSA) is 63.3 Å². The highest BCUT2D eigenvalue weighted by Gasteiger charge is 2.50. The molecule has 1 aromatic heterocycles. The van der Waals surface area contributed by atoms with E-state index >= 15 is 0 Å². The van der Waals surface area contributed by atoms with Crippen LogP contribution in [0.4, 0.5) is 0 Å². The van der Waals surface area contributed by atoms with Gasteiger partial charge in [-0.1, -0.05) is 0 Å². The molecule has 1 N–H and O–H groups in total. The van der Waals surface area contributed by atoms with Crippen molar-refractivity contribution < 1.29 is 14.3 Å². The predicted molar refractivity (Wildman–Crippen MR) is 72.4 cm³/mol. The van der Waals surface area contributed by atoms with Crippen LogP contribution >= 0.6 is 0 Å². The Morgan fingerprint density at radius 3 is 2.35 bits per heavy atom. The molecular weight excluding hydrogens is 254 g/mol. The van der Waals surface area contributed by atoms with Crippen LogP contribution in [-0.4, -0.2) is 16.1 Å². The van der Waals surface area contributed by atoms with E-state index in [9.17, 15) is 4.79 Å². The van der Waals surface area contributed by atoms with Crippen molar-refractivity contribution in [1.29, 1.82) is 0 Å². The van der Waals surface area contributed by atoms with Gasteiger partial charge in [0.05, 0.1) is 12.1 Å². The third kappa shape index (κ3) is 1.88. The zero-order valence-electron chi connectivity index (χ0n) is 11.8. The van der Waals surface area contributed by atoms with Gasteiger partial charge in [0.25, 0.3) is 0 Å². The number of carboxylic acids is 1. The summed E-state index contributed by atoms with van der Waals surface area (Å²) in [5, 5.41) is 9.07. The molecule has 5 rings (SSSR count). The summed E-state index contributed by atoms with van der Waals surface area (Å²) in [7, 11) is 0. The van der Waals surface area contributed by atoms with E-state index < -0.39 is 5.97 Å². The lowest BCUT2D eigenvalue weighted by molar-refractivity contribution is -0.136. The fourth-order valence-electron chi connectivity index (χ4n) is 5.37. The summed E-state index contributed by atoms with van der Waals surface area (Å²) in [6.45, 7) is 1.82. The van der Waals surface area contributed by atoms with E-state index in [1.54, 1.807) is 0 Å². The van der Waals surface area contributed by atoms with Gasteiger partial charge in [0.1, 0.15) is 5.76 Å². The summed E-state index contributed by atoms with van der Waals surface area (Å²) in [4.78, 5) is 15.4. The number of hydrogen-bond acceptors (Lipinski definition) is 3. The molecule has 4 saturated carbocycles. The number of carbonyl (C=O) groups is 1. The number of carboxylic acid groups (broad SMARTS) is 1. The van der Waals surface area contributed by atoms with E-state index in [2.05, 4.69) is 4.98 Å². The molecule has 0 aromatic carbocycles. The van der Waals surface area contributed by atoms with Gasteiger partial charge in [0, 0.05) is 12.8 Å². The van der Waals surface area contributed by atoms with Crippen molar-refractivity contribution in [1.82, 2.24) is 4.98 Å². The van der Waals surface area contributed by atoms with Crippen LogP contribution in [0.15, 0.2) is 4.42 Å². The largest absolute Gasteiger partial charge is 0.481 e. The summed E-state index contributed by atoms with van der Waals surface area (Å²) >= 11 is 0. The minimum atomic E-state index is -0.816. The number of aliphatic carboxylic acids is 1. The molecule has 0 radical (unpaired) electrons. The Morgan fingerprint density at radius 2 is 1.80 bits per heavy atom. The molecule has 4 aliphatic rings. The van der Waals surface area contributed by atoms with Crippen molar-refractivity contribution in [3.63, 3.8) is 0 Å². The van der Waals surface area contributed by atoms with Crippen LogP contribution < -0.4 is 0 Å². The van der Waals surface area contributed by atoms with Crippen molar-refractivity contribution in [2.45, 2.75) is 51.4 Å². The average molecular weight is 275 g/mol. The summed E-state index contributed by atoms with van der Waals surface area (Å²) in [6.07, 6.45) is 6.66. The molecule has 4 bridgehead atoms. The maximum atomic E-state index is 11.0. The van der Waals surface area contributed by atoms with Crippen LogP contribution in [0.5, 0.6) is 0 Å². The Hall–Kier alpha value is -1.32. The summed E-state index contributed by atoms with van der Waals surface area (Å²) in [6, 6.07) is 0. The lowest BCUT2D eigenvalue weighted by atomic mass is 9.51. The molecule has 1 heterocycles. The minimum absolute atomic E-state index is 0.00449. The number of aromatic nitrogens is 1. The number of aryl methyl sites for hydroxylation is 1. The maximum absolute atomic E-state index is 11.0. The van der Waals surface area contributed by atoms with Gasteiger partial charge in [0.15, 0.2) is 5.89 Å². The zero-order valence-corrected chi connectivity index (χ0v) is 11.8. The average Bonchev–Trinajstić information content (AvgIpc) is 2.67. The monoisotopic (exact) mass is 275 g/mol. The minimum Gasteiger partial charge on any atom is -0.481 e. The summed E-state index contributed by atoms with van der Waals surface area (Å²) in [5.74, 6) is 4.36. The van der Waals surface area contributed by atoms with Crippen molar-refractivity contribution in [2.24, 2.45) is 23.7 Å². The highest BCUT2D eigenvalue weighted by atomic mass is 16.4. The second-order valence-corrected chi connectivity index (χ2v) is 7.07. The Balaban J connectivity index is 1.69. The smallest absolute Gasteiger partial charge is 0.309 e. The van der Waals surface area contributed by atoms with E-state index in [1.807, 2.05) is 6.92 Å². The Morgan fingerprint density at radius 1 is 1.20 bits per heavy atom. The molecule has 0 atom stereocenters. The van der Waals surface area contributed by atoms with Gasteiger partial charge in [0.2, 0.25) is 0 Å². The van der Waals surface area contributed by atoms with Gasteiger partial charge in [-0.05, 0) is 55.8 Å². The first-order chi connectivity index (χ1) is 9.60. The van der Waals surface area contributed by atoms with Gasteiger partial charge in [-0.2, -0.15) is 0 Å². The molecule has 1 aromatic rings. The Labute approximate surface area is 118 Å². The van der Waals surface area contributed by atoms with E-state index in [0.29, 0.717) is 29.3 Å². The van der Waals surface area contributed by atoms with Crippen LogP contribution in [0.25, 0.3) is 0 Å². The Bertz CT molecular complexity index is 520. The third-order valence-corrected chi connectivity index (χ3v) is 5.68. The van der Waals surface area contributed by atoms with E-state index in [4.69, 9.17) is 9.52 Å². The first kappa shape index (κ1) is 12.4. The predicted octanol–water partition coefficient (Wildman–Crippen LogP) is 3.15. The van der Waals surface area contributed by atoms with Crippen LogP contribution in [-0.2, 0) is 11.2 Å². The van der Waals surface area contributed by atoms with Crippen molar-refractivity contribution in [3.8, 4) is 0 Å². The number of nitrogens with zero attached hydrogens (tertiary/aromatic N) is 1. The van der Waals surface area contributed by atoms with Crippen molar-refractivity contribution in [2.75, 3.05) is 0 Å². The molecule has 0 spiro atoms. The molecule has 108 valence electrons. The molecule has 0 amide bonds. The first-order valence-corrected chi connectivity index (χ1v) is 7.78. The quantitative estimate of drug-likeness (QED) is 0.920. The zero-order chi connectivity index (χ0) is 13.9. The summed E-state index contributed by atoms with van der Waals surface area (Å²) in [5.41, 5.74) is 0.674. The second-order valence-electron chi connectivity index (χ2n) is 7.07. The SMILES string of the molecule is Cc1nc(CC(=O)O)c(C2C3CC4CC(C3)CC2C4)o1. The highest BCUT2D eigenvalue weighted by Crippen LogP contribution is 2.60. The lowest BCUT2D eigenvalue weighted by Crippen LogP contribution is -2.44. The fourth-order valence-corrected chi connectivity index (χ4v) is 5.37. The van der Waals surface area contributed by atoms with Crippen LogP contribution in [0.1, 0.15) is 55.4 Å². The fraction of sp³-hybridized carbons (Fsp3) is 0.750. The third-order valence-electron chi connectivity index (χ3n) is 5.68. The van der Waals surface area contributed by atoms with Crippen LogP contribution in [0, 0.1) is 30.6 Å². The van der Waals surface area contributed by atoms with E-state index in [0.717, 1.165) is 17.6 Å². The van der Waals surface area contributed by atoms with Gasteiger partial charge in [-0.25, -0.2) is 4.98 Å². The van der Waals surface area contributed by atoms with Gasteiger partial charge >= 0.3 is 5.97 Å². The van der Waals surface area contributed by atoms with Crippen molar-refractivity contribution in [3.05, 3.63) is 17.3 Å². The van der Waals surface area contributed by atoms with Crippen molar-refractivity contribution >= 4 is 5.97 Å². The molecule has 4 nitrogen and oxygen atoms in total. The highest BCUT2D eigenvalue weighted by molar-refractivity contribution is 5.69. The first-order valence-electron chi connectivity index (χ1n) is 7.78. The standard InChI is InChI=1S/C16H21NO3/c1-8-17-13(7-14(18)19)16(20-8)15-11-3-9-2-10(5-11)6-12(15)4-9/h9-12,15H,2-7H2,1H3,(H,18,19). The summed E-state index contributed by atoms with van der Waals surface area (Å²) < 4.78 is 5.87. The molecule has 0 unspecified atom stereocenters. The number of rotatable bonds is 3.